The highest BCUT2D eigenvalue weighted by Gasteiger charge is 2.18. The van der Waals surface area contributed by atoms with Gasteiger partial charge in [0.15, 0.2) is 11.2 Å². The number of aryl methyl sites for hydroxylation is 2. The van der Waals surface area contributed by atoms with Crippen LogP contribution in [0.25, 0.3) is 22.2 Å². The van der Waals surface area contributed by atoms with Gasteiger partial charge in [0.25, 0.3) is 5.91 Å². The Morgan fingerprint density at radius 3 is 2.79 bits per heavy atom. The van der Waals surface area contributed by atoms with Crippen molar-refractivity contribution in [2.24, 2.45) is 0 Å². The molecule has 1 N–H and O–H groups in total. The van der Waals surface area contributed by atoms with E-state index in [1.807, 2.05) is 30.5 Å². The second-order valence-electron chi connectivity index (χ2n) is 7.16. The fourth-order valence-corrected chi connectivity index (χ4v) is 3.76. The molecule has 0 saturated heterocycles. The second kappa shape index (κ2) is 7.05. The van der Waals surface area contributed by atoms with E-state index in [1.54, 1.807) is 24.3 Å². The molecule has 29 heavy (non-hydrogen) atoms. The summed E-state index contributed by atoms with van der Waals surface area (Å²) in [4.78, 5) is 29.9. The highest BCUT2D eigenvalue weighted by molar-refractivity contribution is 6.05. The normalized spacial score (nSPS) is 13.2. The maximum atomic E-state index is 12.8. The number of nitrogens with one attached hydrogen (secondary N) is 1. The van der Waals surface area contributed by atoms with Crippen LogP contribution in [0.4, 0.5) is 5.69 Å². The maximum Gasteiger partial charge on any atom is 0.291 e. The maximum absolute atomic E-state index is 12.8. The first kappa shape index (κ1) is 17.4. The predicted molar refractivity (Wildman–Crippen MR) is 111 cm³/mol. The van der Waals surface area contributed by atoms with Crippen LogP contribution in [0.2, 0.25) is 0 Å². The lowest BCUT2D eigenvalue weighted by Crippen LogP contribution is -2.15. The van der Waals surface area contributed by atoms with Crippen LogP contribution < -0.4 is 10.7 Å². The molecule has 0 spiro atoms. The summed E-state index contributed by atoms with van der Waals surface area (Å²) in [7, 11) is 0. The Balaban J connectivity index is 1.49. The van der Waals surface area contributed by atoms with Gasteiger partial charge in [-0.3, -0.25) is 9.59 Å². The van der Waals surface area contributed by atoms with Gasteiger partial charge in [-0.25, -0.2) is 4.98 Å². The average Bonchev–Trinajstić information content (AvgIpc) is 3.18. The molecular formula is C23H19N3O3. The molecule has 0 saturated carbocycles. The Morgan fingerprint density at radius 2 is 1.90 bits per heavy atom. The number of imidazole rings is 1. The molecule has 0 radical (unpaired) electrons. The number of rotatable bonds is 3. The summed E-state index contributed by atoms with van der Waals surface area (Å²) in [6, 6.07) is 15.6. The minimum Gasteiger partial charge on any atom is -0.451 e. The third-order valence-corrected chi connectivity index (χ3v) is 5.22. The largest absolute Gasteiger partial charge is 0.451 e. The molecule has 6 nitrogen and oxygen atoms in total. The molecule has 2 aromatic heterocycles. The number of carbonyl (C=O) groups is 1. The fraction of sp³-hybridized carbons (Fsp3) is 0.174. The van der Waals surface area contributed by atoms with E-state index in [-0.39, 0.29) is 11.2 Å². The number of aromatic nitrogens is 2. The van der Waals surface area contributed by atoms with Crippen molar-refractivity contribution in [2.75, 3.05) is 5.32 Å². The summed E-state index contributed by atoms with van der Waals surface area (Å²) in [5.74, 6) is 0.588. The summed E-state index contributed by atoms with van der Waals surface area (Å²) < 4.78 is 7.84. The van der Waals surface area contributed by atoms with Crippen molar-refractivity contribution in [1.82, 2.24) is 9.55 Å². The summed E-state index contributed by atoms with van der Waals surface area (Å²) in [6.45, 7) is 0.971. The minimum absolute atomic E-state index is 0.0207. The van der Waals surface area contributed by atoms with E-state index in [0.29, 0.717) is 16.7 Å². The lowest BCUT2D eigenvalue weighted by molar-refractivity contribution is 0.0997. The number of carbonyl (C=O) groups excluding carboxylic acids is 1. The quantitative estimate of drug-likeness (QED) is 0.572. The molecule has 6 heteroatoms. The number of nitrogens with zero attached hydrogens (tertiary/aromatic N) is 2. The SMILES string of the molecule is O=C(Nc1ccccc1-c1cn2c(n1)CCCC2)c1cc(=O)c2ccccc2o1. The highest BCUT2D eigenvalue weighted by Crippen LogP contribution is 2.29. The summed E-state index contributed by atoms with van der Waals surface area (Å²) in [5.41, 5.74) is 2.44. The average molecular weight is 385 g/mol. The van der Waals surface area contributed by atoms with Crippen molar-refractivity contribution in [3.63, 3.8) is 0 Å². The zero-order chi connectivity index (χ0) is 19.8. The Bertz CT molecular complexity index is 1260. The first-order valence-corrected chi connectivity index (χ1v) is 9.69. The van der Waals surface area contributed by atoms with E-state index >= 15 is 0 Å². The lowest BCUT2D eigenvalue weighted by atomic mass is 10.1. The van der Waals surface area contributed by atoms with Gasteiger partial charge in [-0.15, -0.1) is 0 Å². The van der Waals surface area contributed by atoms with Crippen molar-refractivity contribution in [3.8, 4) is 11.3 Å². The second-order valence-corrected chi connectivity index (χ2v) is 7.16. The Labute approximate surface area is 166 Å². The highest BCUT2D eigenvalue weighted by atomic mass is 16.3. The van der Waals surface area contributed by atoms with Gasteiger partial charge in [0.05, 0.1) is 16.8 Å². The van der Waals surface area contributed by atoms with Crippen molar-refractivity contribution >= 4 is 22.6 Å². The van der Waals surface area contributed by atoms with Crippen LogP contribution in [-0.2, 0) is 13.0 Å². The zero-order valence-corrected chi connectivity index (χ0v) is 15.7. The number of para-hydroxylation sites is 2. The zero-order valence-electron chi connectivity index (χ0n) is 15.7. The number of benzene rings is 2. The van der Waals surface area contributed by atoms with E-state index in [1.165, 1.54) is 6.07 Å². The molecule has 0 fully saturated rings. The van der Waals surface area contributed by atoms with E-state index in [0.717, 1.165) is 42.9 Å². The molecule has 0 bridgehead atoms. The van der Waals surface area contributed by atoms with E-state index in [9.17, 15) is 9.59 Å². The van der Waals surface area contributed by atoms with E-state index in [4.69, 9.17) is 9.40 Å². The number of hydrogen-bond acceptors (Lipinski definition) is 4. The van der Waals surface area contributed by atoms with Crippen molar-refractivity contribution in [1.29, 1.82) is 0 Å². The predicted octanol–water partition coefficient (Wildman–Crippen LogP) is 4.25. The Morgan fingerprint density at radius 1 is 1.07 bits per heavy atom. The molecular weight excluding hydrogens is 366 g/mol. The van der Waals surface area contributed by atoms with Crippen molar-refractivity contribution < 1.29 is 9.21 Å². The molecule has 0 atom stereocenters. The smallest absolute Gasteiger partial charge is 0.291 e. The summed E-state index contributed by atoms with van der Waals surface area (Å²) in [6.07, 6.45) is 5.31. The molecule has 1 amide bonds. The number of hydrogen-bond donors (Lipinski definition) is 1. The fourth-order valence-electron chi connectivity index (χ4n) is 3.76. The molecule has 4 aromatic rings. The lowest BCUT2D eigenvalue weighted by Gasteiger charge is -2.11. The van der Waals surface area contributed by atoms with Crippen LogP contribution in [0.1, 0.15) is 29.2 Å². The monoisotopic (exact) mass is 385 g/mol. The van der Waals surface area contributed by atoms with Crippen LogP contribution >= 0.6 is 0 Å². The van der Waals surface area contributed by atoms with Crippen molar-refractivity contribution in [3.05, 3.63) is 82.6 Å². The molecule has 144 valence electrons. The first-order valence-electron chi connectivity index (χ1n) is 9.69. The Kier molecular flexibility index (Phi) is 4.24. The molecule has 1 aliphatic rings. The first-order chi connectivity index (χ1) is 14.2. The standard InChI is InChI=1S/C23H19N3O3/c27-19-13-21(29-20-10-4-2-8-16(19)20)23(28)25-17-9-3-1-7-15(17)18-14-26-12-6-5-11-22(26)24-18/h1-4,7-10,13-14H,5-6,11-12H2,(H,25,28). The van der Waals surface area contributed by atoms with Crippen LogP contribution in [0, 0.1) is 0 Å². The van der Waals surface area contributed by atoms with Gasteiger partial charge in [-0.05, 0) is 31.0 Å². The van der Waals surface area contributed by atoms with Gasteiger partial charge in [0, 0.05) is 30.8 Å². The molecule has 5 rings (SSSR count). The Hall–Kier alpha value is -3.67. The molecule has 0 unspecified atom stereocenters. The van der Waals surface area contributed by atoms with Crippen LogP contribution in [-0.4, -0.2) is 15.5 Å². The number of fused-ring (bicyclic) bond motifs is 2. The third kappa shape index (κ3) is 3.23. The van der Waals surface area contributed by atoms with Gasteiger partial charge in [-0.1, -0.05) is 30.3 Å². The van der Waals surface area contributed by atoms with Crippen LogP contribution in [0.3, 0.4) is 0 Å². The van der Waals surface area contributed by atoms with Gasteiger partial charge in [0.2, 0.25) is 0 Å². The topological polar surface area (TPSA) is 77.1 Å². The van der Waals surface area contributed by atoms with Crippen LogP contribution in [0.5, 0.6) is 0 Å². The van der Waals surface area contributed by atoms with E-state index < -0.39 is 5.91 Å². The number of amides is 1. The molecule has 0 aliphatic carbocycles. The van der Waals surface area contributed by atoms with Gasteiger partial charge < -0.3 is 14.3 Å². The molecule has 3 heterocycles. The summed E-state index contributed by atoms with van der Waals surface area (Å²) in [5, 5.41) is 3.33. The van der Waals surface area contributed by atoms with Crippen molar-refractivity contribution in [2.45, 2.75) is 25.8 Å². The third-order valence-electron chi connectivity index (χ3n) is 5.22. The molecule has 1 aliphatic heterocycles. The van der Waals surface area contributed by atoms with Gasteiger partial charge >= 0.3 is 0 Å². The van der Waals surface area contributed by atoms with Crippen LogP contribution in [0.15, 0.2) is 70.0 Å². The van der Waals surface area contributed by atoms with Gasteiger partial charge in [0.1, 0.15) is 11.4 Å². The number of anilines is 1. The van der Waals surface area contributed by atoms with E-state index in [2.05, 4.69) is 9.88 Å². The van der Waals surface area contributed by atoms with Gasteiger partial charge in [-0.2, -0.15) is 0 Å². The summed E-state index contributed by atoms with van der Waals surface area (Å²) >= 11 is 0. The minimum atomic E-state index is -0.468. The molecule has 2 aromatic carbocycles.